The quantitative estimate of drug-likeness (QED) is 0.590. The lowest BCUT2D eigenvalue weighted by molar-refractivity contribution is -0.0770. The molecule has 1 N–H and O–H groups in total. The van der Waals surface area contributed by atoms with Crippen LogP contribution in [-0.2, 0) is 25.6 Å². The molecule has 1 aromatic heterocycles. The summed E-state index contributed by atoms with van der Waals surface area (Å²) in [5, 5.41) is 9.37. The Hall–Kier alpha value is -1.02. The van der Waals surface area contributed by atoms with Gasteiger partial charge in [-0.2, -0.15) is 8.42 Å². The molecule has 1 heterocycles. The second-order valence-electron chi connectivity index (χ2n) is 3.13. The third kappa shape index (κ3) is 4.23. The number of aliphatic hydroxyl groups is 1. The van der Waals surface area contributed by atoms with Gasteiger partial charge in [-0.1, -0.05) is 0 Å². The van der Waals surface area contributed by atoms with Gasteiger partial charge in [-0.05, 0) is 12.1 Å². The van der Waals surface area contributed by atoms with Gasteiger partial charge in [-0.25, -0.2) is 0 Å². The van der Waals surface area contributed by atoms with E-state index in [1.165, 1.54) is 19.4 Å². The molecular formula is C9H13NO5S. The lowest BCUT2D eigenvalue weighted by Crippen LogP contribution is -2.06. The minimum atomic E-state index is -3.49. The molecule has 1 atom stereocenters. The van der Waals surface area contributed by atoms with Gasteiger partial charge in [0.1, 0.15) is 6.61 Å². The first-order chi connectivity index (χ1) is 7.42. The van der Waals surface area contributed by atoms with Gasteiger partial charge in [0.2, 0.25) is 0 Å². The van der Waals surface area contributed by atoms with Crippen molar-refractivity contribution in [2.75, 3.05) is 13.4 Å². The summed E-state index contributed by atoms with van der Waals surface area (Å²) in [6.07, 6.45) is 1.35. The predicted molar refractivity (Wildman–Crippen MR) is 55.8 cm³/mol. The minimum absolute atomic E-state index is 0.164. The Morgan fingerprint density at radius 1 is 1.56 bits per heavy atom. The summed E-state index contributed by atoms with van der Waals surface area (Å²) in [6.45, 7) is -0.164. The molecular weight excluding hydrogens is 234 g/mol. The number of pyridine rings is 1. The van der Waals surface area contributed by atoms with E-state index < -0.39 is 16.4 Å². The van der Waals surface area contributed by atoms with Crippen molar-refractivity contribution in [1.82, 2.24) is 4.98 Å². The molecule has 0 aliphatic carbocycles. The lowest BCUT2D eigenvalue weighted by atomic mass is 10.2. The molecule has 0 bridgehead atoms. The smallest absolute Gasteiger partial charge is 0.264 e. The average Bonchev–Trinajstić information content (AvgIpc) is 2.25. The Labute approximate surface area is 94.0 Å². The second kappa shape index (κ2) is 5.35. The number of hydrogen-bond donors (Lipinski definition) is 1. The van der Waals surface area contributed by atoms with Crippen molar-refractivity contribution in [1.29, 1.82) is 0 Å². The summed E-state index contributed by atoms with van der Waals surface area (Å²) in [6, 6.07) is 3.08. The van der Waals surface area contributed by atoms with E-state index in [4.69, 9.17) is 4.74 Å². The van der Waals surface area contributed by atoms with E-state index in [1.807, 2.05) is 0 Å². The first-order valence-corrected chi connectivity index (χ1v) is 6.24. The zero-order valence-electron chi connectivity index (χ0n) is 8.95. The standard InChI is InChI=1S/C9H13NO5S/c1-14-9(11)7-3-4-10-8(5-7)6-15-16(2,12)13/h3-5,9,11H,6H2,1-2H3. The van der Waals surface area contributed by atoms with Gasteiger partial charge in [0.05, 0.1) is 11.9 Å². The molecule has 0 spiro atoms. The average molecular weight is 247 g/mol. The number of methoxy groups -OCH3 is 1. The summed E-state index contributed by atoms with van der Waals surface area (Å²) in [7, 11) is -2.14. The highest BCUT2D eigenvalue weighted by Crippen LogP contribution is 2.13. The fraction of sp³-hybridized carbons (Fsp3) is 0.444. The number of hydrogen-bond acceptors (Lipinski definition) is 6. The molecule has 16 heavy (non-hydrogen) atoms. The van der Waals surface area contributed by atoms with Crippen LogP contribution in [0, 0.1) is 0 Å². The largest absolute Gasteiger partial charge is 0.364 e. The number of aromatic nitrogens is 1. The van der Waals surface area contributed by atoms with Gasteiger partial charge >= 0.3 is 0 Å². The maximum Gasteiger partial charge on any atom is 0.264 e. The monoisotopic (exact) mass is 247 g/mol. The van der Waals surface area contributed by atoms with Crippen molar-refractivity contribution in [3.05, 3.63) is 29.6 Å². The number of rotatable bonds is 5. The van der Waals surface area contributed by atoms with Crippen LogP contribution in [0.15, 0.2) is 18.3 Å². The third-order valence-corrected chi connectivity index (χ3v) is 2.32. The van der Waals surface area contributed by atoms with Gasteiger partial charge in [0, 0.05) is 18.9 Å². The normalized spacial score (nSPS) is 13.7. The molecule has 0 amide bonds. The van der Waals surface area contributed by atoms with E-state index in [1.54, 1.807) is 6.07 Å². The van der Waals surface area contributed by atoms with Crippen LogP contribution < -0.4 is 0 Å². The van der Waals surface area contributed by atoms with Crippen LogP contribution in [0.25, 0.3) is 0 Å². The highest BCUT2D eigenvalue weighted by Gasteiger charge is 2.08. The first kappa shape index (κ1) is 13.0. The van der Waals surface area contributed by atoms with Crippen LogP contribution in [-0.4, -0.2) is 31.9 Å². The fourth-order valence-corrected chi connectivity index (χ4v) is 1.37. The van der Waals surface area contributed by atoms with Crippen LogP contribution in [0.1, 0.15) is 17.5 Å². The third-order valence-electron chi connectivity index (χ3n) is 1.77. The SMILES string of the molecule is COC(O)c1ccnc(COS(C)(=O)=O)c1. The van der Waals surface area contributed by atoms with E-state index in [9.17, 15) is 13.5 Å². The molecule has 7 heteroatoms. The zero-order chi connectivity index (χ0) is 12.2. The number of nitrogens with zero attached hydrogens (tertiary/aromatic N) is 1. The molecule has 0 saturated heterocycles. The molecule has 1 unspecified atom stereocenters. The summed E-state index contributed by atoms with van der Waals surface area (Å²) in [5.41, 5.74) is 0.892. The van der Waals surface area contributed by atoms with E-state index in [0.717, 1.165) is 6.26 Å². The minimum Gasteiger partial charge on any atom is -0.364 e. The van der Waals surface area contributed by atoms with Crippen LogP contribution in [0.5, 0.6) is 0 Å². The molecule has 0 aliphatic rings. The molecule has 0 aromatic carbocycles. The zero-order valence-corrected chi connectivity index (χ0v) is 9.77. The molecule has 0 fully saturated rings. The van der Waals surface area contributed by atoms with Crippen molar-refractivity contribution in [2.45, 2.75) is 12.9 Å². The highest BCUT2D eigenvalue weighted by molar-refractivity contribution is 7.85. The molecule has 90 valence electrons. The van der Waals surface area contributed by atoms with E-state index in [-0.39, 0.29) is 6.61 Å². The Morgan fingerprint density at radius 3 is 2.81 bits per heavy atom. The molecule has 0 aliphatic heterocycles. The Kier molecular flexibility index (Phi) is 4.36. The van der Waals surface area contributed by atoms with Crippen molar-refractivity contribution < 1.29 is 22.4 Å². The predicted octanol–water partition coefficient (Wildman–Crippen LogP) is 0.195. The first-order valence-electron chi connectivity index (χ1n) is 4.42. The highest BCUT2D eigenvalue weighted by atomic mass is 32.2. The number of ether oxygens (including phenoxy) is 1. The van der Waals surface area contributed by atoms with Gasteiger partial charge in [-0.3, -0.25) is 9.17 Å². The fourth-order valence-electron chi connectivity index (χ4n) is 1.03. The van der Waals surface area contributed by atoms with E-state index in [0.29, 0.717) is 11.3 Å². The summed E-state index contributed by atoms with van der Waals surface area (Å²) in [5.74, 6) is 0. The van der Waals surface area contributed by atoms with Crippen molar-refractivity contribution in [3.63, 3.8) is 0 Å². The van der Waals surface area contributed by atoms with Crippen LogP contribution in [0.3, 0.4) is 0 Å². The van der Waals surface area contributed by atoms with Gasteiger partial charge in [0.15, 0.2) is 6.29 Å². The molecule has 1 rings (SSSR count). The topological polar surface area (TPSA) is 85.7 Å². The van der Waals surface area contributed by atoms with Crippen LogP contribution in [0.4, 0.5) is 0 Å². The van der Waals surface area contributed by atoms with Crippen LogP contribution in [0.2, 0.25) is 0 Å². The van der Waals surface area contributed by atoms with E-state index >= 15 is 0 Å². The summed E-state index contributed by atoms with van der Waals surface area (Å²) in [4.78, 5) is 3.90. The Balaban J connectivity index is 2.75. The van der Waals surface area contributed by atoms with Gasteiger partial charge in [-0.15, -0.1) is 0 Å². The van der Waals surface area contributed by atoms with E-state index in [2.05, 4.69) is 9.17 Å². The maximum atomic E-state index is 10.8. The second-order valence-corrected chi connectivity index (χ2v) is 4.78. The van der Waals surface area contributed by atoms with Gasteiger partial charge < -0.3 is 9.84 Å². The summed E-state index contributed by atoms with van der Waals surface area (Å²) >= 11 is 0. The van der Waals surface area contributed by atoms with Gasteiger partial charge in [0.25, 0.3) is 10.1 Å². The number of aliphatic hydroxyl groups excluding tert-OH is 1. The van der Waals surface area contributed by atoms with Crippen molar-refractivity contribution in [3.8, 4) is 0 Å². The Morgan fingerprint density at radius 2 is 2.25 bits per heavy atom. The lowest BCUT2D eigenvalue weighted by Gasteiger charge is -2.09. The molecule has 0 radical (unpaired) electrons. The maximum absolute atomic E-state index is 10.8. The summed E-state index contributed by atoms with van der Waals surface area (Å²) < 4.78 is 30.8. The van der Waals surface area contributed by atoms with Crippen molar-refractivity contribution >= 4 is 10.1 Å². The van der Waals surface area contributed by atoms with Crippen LogP contribution >= 0.6 is 0 Å². The molecule has 6 nitrogen and oxygen atoms in total. The molecule has 0 saturated carbocycles. The Bertz CT molecular complexity index is 445. The molecule has 1 aromatic rings. The van der Waals surface area contributed by atoms with Crippen molar-refractivity contribution in [2.24, 2.45) is 0 Å².